The maximum absolute atomic E-state index is 5.54. The number of nitrogens with zero attached hydrogens (tertiary/aromatic N) is 2. The molecule has 1 aromatic carbocycles. The van der Waals surface area contributed by atoms with E-state index in [1.807, 2.05) is 24.5 Å². The largest absolute Gasteiger partial charge is 0.454 e. The summed E-state index contributed by atoms with van der Waals surface area (Å²) in [5.41, 5.74) is 2.43. The lowest BCUT2D eigenvalue weighted by atomic mass is 9.97. The standard InChI is InChI=1S/C17H19N3O2/c1-2-14(11-19-5-1)17(20-8-6-18-7-9-20)13-3-4-15-16(10-13)22-12-21-15/h1-5,10-11,17-18H,6-9,12H2. The van der Waals surface area contributed by atoms with E-state index in [1.165, 1.54) is 11.1 Å². The molecule has 3 heterocycles. The second-order valence-electron chi connectivity index (χ2n) is 5.59. The van der Waals surface area contributed by atoms with Crippen LogP contribution in [0.25, 0.3) is 0 Å². The van der Waals surface area contributed by atoms with Crippen molar-refractivity contribution < 1.29 is 9.47 Å². The minimum atomic E-state index is 0.199. The fraction of sp³-hybridized carbons (Fsp3) is 0.353. The van der Waals surface area contributed by atoms with Crippen molar-refractivity contribution in [3.8, 4) is 11.5 Å². The van der Waals surface area contributed by atoms with Gasteiger partial charge in [0.15, 0.2) is 11.5 Å². The lowest BCUT2D eigenvalue weighted by Crippen LogP contribution is -2.45. The molecule has 5 heteroatoms. The Kier molecular flexibility index (Phi) is 3.66. The number of aromatic nitrogens is 1. The van der Waals surface area contributed by atoms with Crippen LogP contribution >= 0.6 is 0 Å². The van der Waals surface area contributed by atoms with Crippen molar-refractivity contribution in [3.63, 3.8) is 0 Å². The lowest BCUT2D eigenvalue weighted by molar-refractivity contribution is 0.173. The fourth-order valence-corrected chi connectivity index (χ4v) is 3.18. The molecule has 5 nitrogen and oxygen atoms in total. The van der Waals surface area contributed by atoms with E-state index < -0.39 is 0 Å². The molecule has 1 atom stereocenters. The van der Waals surface area contributed by atoms with Gasteiger partial charge in [0.1, 0.15) is 0 Å². The van der Waals surface area contributed by atoms with Crippen LogP contribution < -0.4 is 14.8 Å². The molecule has 2 aliphatic heterocycles. The van der Waals surface area contributed by atoms with Gasteiger partial charge in [-0.2, -0.15) is 0 Å². The summed E-state index contributed by atoms with van der Waals surface area (Å²) in [6.45, 7) is 4.38. The van der Waals surface area contributed by atoms with Crippen LogP contribution in [0.2, 0.25) is 0 Å². The molecule has 0 aliphatic carbocycles. The van der Waals surface area contributed by atoms with Crippen molar-refractivity contribution in [1.29, 1.82) is 0 Å². The number of piperazine rings is 1. The topological polar surface area (TPSA) is 46.6 Å². The molecule has 1 unspecified atom stereocenters. The monoisotopic (exact) mass is 297 g/mol. The number of hydrogen-bond acceptors (Lipinski definition) is 5. The van der Waals surface area contributed by atoms with Crippen LogP contribution in [0.1, 0.15) is 17.2 Å². The Hall–Kier alpha value is -2.11. The fourth-order valence-electron chi connectivity index (χ4n) is 3.18. The van der Waals surface area contributed by atoms with Crippen molar-refractivity contribution in [2.24, 2.45) is 0 Å². The number of nitrogens with one attached hydrogen (secondary N) is 1. The normalized spacial score (nSPS) is 19.1. The van der Waals surface area contributed by atoms with Crippen LogP contribution in [0.4, 0.5) is 0 Å². The van der Waals surface area contributed by atoms with Crippen molar-refractivity contribution in [2.45, 2.75) is 6.04 Å². The quantitative estimate of drug-likeness (QED) is 0.936. The van der Waals surface area contributed by atoms with E-state index in [9.17, 15) is 0 Å². The van der Waals surface area contributed by atoms with Crippen LogP contribution in [0.3, 0.4) is 0 Å². The Labute approximate surface area is 129 Å². The van der Waals surface area contributed by atoms with Crippen LogP contribution in [0.15, 0.2) is 42.7 Å². The lowest BCUT2D eigenvalue weighted by Gasteiger charge is -2.35. The van der Waals surface area contributed by atoms with Crippen LogP contribution in [-0.4, -0.2) is 42.9 Å². The third-order valence-electron chi connectivity index (χ3n) is 4.23. The van der Waals surface area contributed by atoms with Gasteiger partial charge in [-0.25, -0.2) is 0 Å². The molecule has 0 radical (unpaired) electrons. The maximum atomic E-state index is 5.54. The second-order valence-corrected chi connectivity index (χ2v) is 5.59. The van der Waals surface area contributed by atoms with Gasteiger partial charge in [-0.05, 0) is 29.3 Å². The number of benzene rings is 1. The Balaban J connectivity index is 1.73. The average Bonchev–Trinajstić information content (AvgIpc) is 3.05. The molecule has 0 spiro atoms. The van der Waals surface area contributed by atoms with Crippen molar-refractivity contribution in [3.05, 3.63) is 53.9 Å². The second kappa shape index (κ2) is 5.94. The van der Waals surface area contributed by atoms with Gasteiger partial charge in [0.2, 0.25) is 6.79 Å². The highest BCUT2D eigenvalue weighted by Crippen LogP contribution is 2.37. The molecule has 0 amide bonds. The van der Waals surface area contributed by atoms with Gasteiger partial charge in [0.25, 0.3) is 0 Å². The minimum absolute atomic E-state index is 0.199. The van der Waals surface area contributed by atoms with Gasteiger partial charge >= 0.3 is 0 Å². The Morgan fingerprint density at radius 2 is 1.91 bits per heavy atom. The zero-order valence-corrected chi connectivity index (χ0v) is 12.4. The number of fused-ring (bicyclic) bond motifs is 1. The molecule has 1 saturated heterocycles. The van der Waals surface area contributed by atoms with E-state index in [1.54, 1.807) is 0 Å². The summed E-state index contributed by atoms with van der Waals surface area (Å²) in [6, 6.07) is 10.6. The van der Waals surface area contributed by atoms with Gasteiger partial charge in [0, 0.05) is 38.6 Å². The minimum Gasteiger partial charge on any atom is -0.454 e. The maximum Gasteiger partial charge on any atom is 0.231 e. The number of rotatable bonds is 3. The van der Waals surface area contributed by atoms with Gasteiger partial charge < -0.3 is 14.8 Å². The molecular formula is C17H19N3O2. The third kappa shape index (κ3) is 2.53. The zero-order chi connectivity index (χ0) is 14.8. The molecule has 1 aromatic heterocycles. The smallest absolute Gasteiger partial charge is 0.231 e. The van der Waals surface area contributed by atoms with E-state index in [4.69, 9.17) is 9.47 Å². The van der Waals surface area contributed by atoms with Gasteiger partial charge in [-0.1, -0.05) is 12.1 Å². The predicted molar refractivity (Wildman–Crippen MR) is 83.1 cm³/mol. The first-order valence-corrected chi connectivity index (χ1v) is 7.66. The molecule has 2 aliphatic rings. The summed E-state index contributed by atoms with van der Waals surface area (Å²) in [6.07, 6.45) is 3.77. The highest BCUT2D eigenvalue weighted by molar-refractivity contribution is 5.47. The molecule has 2 aromatic rings. The van der Waals surface area contributed by atoms with Crippen molar-refractivity contribution >= 4 is 0 Å². The Bertz CT molecular complexity index is 642. The highest BCUT2D eigenvalue weighted by Gasteiger charge is 2.26. The SMILES string of the molecule is c1cncc(C(c2ccc3c(c2)OCO3)N2CCNCC2)c1. The average molecular weight is 297 g/mol. The van der Waals surface area contributed by atoms with Gasteiger partial charge in [-0.3, -0.25) is 9.88 Å². The zero-order valence-electron chi connectivity index (χ0n) is 12.4. The van der Waals surface area contributed by atoms with Crippen LogP contribution in [0.5, 0.6) is 11.5 Å². The van der Waals surface area contributed by atoms with E-state index in [0.717, 1.165) is 37.7 Å². The van der Waals surface area contributed by atoms with Crippen LogP contribution in [-0.2, 0) is 0 Å². The predicted octanol–water partition coefficient (Wildman–Crippen LogP) is 1.80. The summed E-state index contributed by atoms with van der Waals surface area (Å²) < 4.78 is 11.0. The molecule has 22 heavy (non-hydrogen) atoms. The number of hydrogen-bond donors (Lipinski definition) is 1. The summed E-state index contributed by atoms with van der Waals surface area (Å²) in [5.74, 6) is 1.66. The molecule has 1 N–H and O–H groups in total. The van der Waals surface area contributed by atoms with E-state index in [0.29, 0.717) is 6.79 Å². The van der Waals surface area contributed by atoms with Crippen molar-refractivity contribution in [2.75, 3.05) is 33.0 Å². The molecule has 0 bridgehead atoms. The Morgan fingerprint density at radius 1 is 1.05 bits per heavy atom. The first-order chi connectivity index (χ1) is 10.9. The van der Waals surface area contributed by atoms with E-state index in [-0.39, 0.29) is 6.04 Å². The third-order valence-corrected chi connectivity index (χ3v) is 4.23. The summed E-state index contributed by atoms with van der Waals surface area (Å²) >= 11 is 0. The molecular weight excluding hydrogens is 278 g/mol. The summed E-state index contributed by atoms with van der Waals surface area (Å²) in [7, 11) is 0. The molecule has 0 saturated carbocycles. The molecule has 4 rings (SSSR count). The first kappa shape index (κ1) is 13.5. The number of ether oxygens (including phenoxy) is 2. The first-order valence-electron chi connectivity index (χ1n) is 7.66. The highest BCUT2D eigenvalue weighted by atomic mass is 16.7. The summed E-state index contributed by atoms with van der Waals surface area (Å²) in [5, 5.41) is 3.41. The van der Waals surface area contributed by atoms with Crippen LogP contribution in [0, 0.1) is 0 Å². The molecule has 1 fully saturated rings. The van der Waals surface area contributed by atoms with E-state index >= 15 is 0 Å². The van der Waals surface area contributed by atoms with Gasteiger partial charge in [-0.15, -0.1) is 0 Å². The van der Waals surface area contributed by atoms with Gasteiger partial charge in [0.05, 0.1) is 6.04 Å². The van der Waals surface area contributed by atoms with Crippen molar-refractivity contribution in [1.82, 2.24) is 15.2 Å². The Morgan fingerprint density at radius 3 is 2.73 bits per heavy atom. The molecule has 114 valence electrons. The van der Waals surface area contributed by atoms with E-state index in [2.05, 4.69) is 33.4 Å². The summed E-state index contributed by atoms with van der Waals surface area (Å²) in [4.78, 5) is 6.79. The number of pyridine rings is 1.